The molecule has 0 unspecified atom stereocenters. The molecule has 0 atom stereocenters. The Morgan fingerprint density at radius 1 is 0.948 bits per heavy atom. The molecule has 0 aliphatic carbocycles. The Bertz CT molecular complexity index is 2410. The zero-order chi connectivity index (χ0) is 40.3. The number of benzene rings is 3. The molecule has 4 aromatic rings. The van der Waals surface area contributed by atoms with Crippen molar-refractivity contribution in [3.8, 4) is 11.4 Å². The third-order valence-electron chi connectivity index (χ3n) is 13.4. The van der Waals surface area contributed by atoms with Crippen molar-refractivity contribution in [3.05, 3.63) is 97.5 Å². The van der Waals surface area contributed by atoms with Crippen LogP contribution >= 0.6 is 11.6 Å². The Morgan fingerprint density at radius 2 is 1.71 bits per heavy atom. The molecule has 0 saturated carbocycles. The Kier molecular flexibility index (Phi) is 9.91. The van der Waals surface area contributed by atoms with E-state index < -0.39 is 5.41 Å². The lowest BCUT2D eigenvalue weighted by atomic mass is 9.74. The van der Waals surface area contributed by atoms with Crippen molar-refractivity contribution >= 4 is 46.1 Å². The molecule has 10 rings (SSSR count). The van der Waals surface area contributed by atoms with Gasteiger partial charge in [-0.25, -0.2) is 0 Å². The third-order valence-corrected chi connectivity index (χ3v) is 13.8. The van der Waals surface area contributed by atoms with Gasteiger partial charge in [0.1, 0.15) is 11.6 Å². The first-order valence-electron chi connectivity index (χ1n) is 20.7. The third kappa shape index (κ3) is 6.67. The van der Waals surface area contributed by atoms with Gasteiger partial charge in [0.05, 0.1) is 33.6 Å². The fourth-order valence-corrected chi connectivity index (χ4v) is 10.3. The van der Waals surface area contributed by atoms with E-state index in [0.717, 1.165) is 98.7 Å². The number of fused-ring (bicyclic) bond motifs is 9. The second-order valence-corrected chi connectivity index (χ2v) is 17.7. The number of carbonyl (C=O) groups excluding carboxylic acids is 4. The molecule has 58 heavy (non-hydrogen) atoms. The molecule has 6 aliphatic rings. The van der Waals surface area contributed by atoms with Gasteiger partial charge in [-0.2, -0.15) is 4.98 Å². The first-order valence-corrected chi connectivity index (χ1v) is 21.1. The smallest absolute Gasteiger partial charge is 0.282 e. The van der Waals surface area contributed by atoms with Crippen LogP contribution in [0.2, 0.25) is 5.02 Å². The summed E-state index contributed by atoms with van der Waals surface area (Å²) in [5.74, 6) is 2.04. The molecule has 0 bridgehead atoms. The number of nitrogens with one attached hydrogen (secondary N) is 2. The predicted molar refractivity (Wildman–Crippen MR) is 220 cm³/mol. The number of hydrogen-bond acceptors (Lipinski definition) is 8. The number of piperidine rings is 3. The number of carbonyl (C=O) groups is 4. The number of likely N-dealkylation sites (tertiary alicyclic amines) is 2. The standard InChI is InChI=1S/C40H42ClN5O4.C5H7NO2/c1-39(2)29-21-25(8-11-31(29)46-32-6-3-5-30(41)34(32)37(49)43-38(39)46)24-12-17-45(18-13-24)33(47)7-4-16-44-19-14-40(15-20-44)23-50-35-27-22-42-36(48)26(27)9-10-28(35)40;7-4-2-1-3-5(8)6-4/h3,5-6,8-11,21,24H,4,7,12-20,22-23H2,1-2H3,(H,42,48);1-3H2,(H,6,7,8). The molecule has 1 aromatic heterocycles. The highest BCUT2D eigenvalue weighted by Crippen LogP contribution is 2.49. The predicted octanol–water partition coefficient (Wildman–Crippen LogP) is 5.65. The summed E-state index contributed by atoms with van der Waals surface area (Å²) in [5, 5.41) is 6.01. The number of halogens is 1. The maximum Gasteiger partial charge on any atom is 0.282 e. The maximum absolute atomic E-state index is 13.3. The van der Waals surface area contributed by atoms with Crippen LogP contribution in [0.5, 0.6) is 5.75 Å². The SMILES string of the molecule is CC1(C)c2cc(C3CCN(C(=O)CCCN4CCC5(CC4)COc4c5ccc5c4CNC5=O)CC3)ccc2-n2c1nc(=O)c1c(Cl)cccc12.O=C1CCCC(=O)N1. The van der Waals surface area contributed by atoms with E-state index in [9.17, 15) is 24.0 Å². The van der Waals surface area contributed by atoms with E-state index in [1.54, 1.807) is 6.07 Å². The van der Waals surface area contributed by atoms with Crippen molar-refractivity contribution in [2.75, 3.05) is 39.3 Å². The minimum atomic E-state index is -0.429. The molecule has 1 spiro atoms. The van der Waals surface area contributed by atoms with E-state index in [4.69, 9.17) is 16.3 Å². The lowest BCUT2D eigenvalue weighted by Crippen LogP contribution is -2.44. The monoisotopic (exact) mass is 804 g/mol. The summed E-state index contributed by atoms with van der Waals surface area (Å²) in [6, 6.07) is 16.3. The van der Waals surface area contributed by atoms with Crippen LogP contribution in [0.25, 0.3) is 16.6 Å². The molecule has 7 heterocycles. The molecule has 2 N–H and O–H groups in total. The quantitative estimate of drug-likeness (QED) is 0.247. The lowest BCUT2D eigenvalue weighted by Gasteiger charge is -2.38. The Labute approximate surface area is 342 Å². The first kappa shape index (κ1) is 38.4. The van der Waals surface area contributed by atoms with E-state index in [1.807, 2.05) is 18.2 Å². The van der Waals surface area contributed by atoms with Gasteiger partial charge < -0.3 is 19.9 Å². The number of nitrogens with zero attached hydrogens (tertiary/aromatic N) is 4. The molecular formula is C45H49ClN6O6. The van der Waals surface area contributed by atoms with Gasteiger partial charge in [-0.15, -0.1) is 0 Å². The van der Waals surface area contributed by atoms with Gasteiger partial charge in [0.2, 0.25) is 17.7 Å². The largest absolute Gasteiger partial charge is 0.492 e. The Hall–Kier alpha value is -5.07. The molecule has 3 saturated heterocycles. The zero-order valence-electron chi connectivity index (χ0n) is 33.1. The van der Waals surface area contributed by atoms with Crippen molar-refractivity contribution < 1.29 is 23.9 Å². The normalized spacial score (nSPS) is 20.4. The number of rotatable bonds is 5. The van der Waals surface area contributed by atoms with Crippen LogP contribution in [0.3, 0.4) is 0 Å². The van der Waals surface area contributed by atoms with Gasteiger partial charge in [-0.1, -0.05) is 35.9 Å². The zero-order valence-corrected chi connectivity index (χ0v) is 33.9. The minimum absolute atomic E-state index is 0.00444. The maximum atomic E-state index is 13.3. The average Bonchev–Trinajstić information content (AvgIpc) is 3.85. The van der Waals surface area contributed by atoms with Gasteiger partial charge in [0.15, 0.2) is 0 Å². The second-order valence-electron chi connectivity index (χ2n) is 17.3. The topological polar surface area (TPSA) is 143 Å². The highest BCUT2D eigenvalue weighted by atomic mass is 35.5. The highest BCUT2D eigenvalue weighted by Gasteiger charge is 2.45. The van der Waals surface area contributed by atoms with Crippen LogP contribution in [0.1, 0.15) is 116 Å². The second kappa shape index (κ2) is 14.9. The van der Waals surface area contributed by atoms with Crippen LogP contribution in [0.15, 0.2) is 53.3 Å². The average molecular weight is 805 g/mol. The van der Waals surface area contributed by atoms with Crippen LogP contribution in [-0.2, 0) is 31.8 Å². The summed E-state index contributed by atoms with van der Waals surface area (Å²) in [6.07, 6.45) is 7.14. The fraction of sp³-hybridized carbons (Fsp3) is 0.467. The lowest BCUT2D eigenvalue weighted by molar-refractivity contribution is -0.133. The summed E-state index contributed by atoms with van der Waals surface area (Å²) in [6.45, 7) is 10.0. The molecule has 302 valence electrons. The number of amides is 4. The number of aromatic nitrogens is 2. The van der Waals surface area contributed by atoms with E-state index in [0.29, 0.717) is 55.2 Å². The summed E-state index contributed by atoms with van der Waals surface area (Å²) in [4.78, 5) is 68.2. The van der Waals surface area contributed by atoms with Crippen LogP contribution < -0.4 is 20.9 Å². The highest BCUT2D eigenvalue weighted by molar-refractivity contribution is 6.35. The molecule has 3 aromatic carbocycles. The molecule has 13 heteroatoms. The van der Waals surface area contributed by atoms with Crippen molar-refractivity contribution in [1.82, 2.24) is 30.0 Å². The molecule has 6 aliphatic heterocycles. The van der Waals surface area contributed by atoms with E-state index in [1.165, 1.54) is 16.7 Å². The summed E-state index contributed by atoms with van der Waals surface area (Å²) < 4.78 is 8.32. The summed E-state index contributed by atoms with van der Waals surface area (Å²) in [7, 11) is 0. The fourth-order valence-electron chi connectivity index (χ4n) is 10.0. The first-order chi connectivity index (χ1) is 27.9. The number of ether oxygens (including phenoxy) is 1. The van der Waals surface area contributed by atoms with E-state index in [2.05, 4.69) is 68.1 Å². The molecule has 12 nitrogen and oxygen atoms in total. The van der Waals surface area contributed by atoms with Gasteiger partial charge >= 0.3 is 0 Å². The number of imide groups is 1. The van der Waals surface area contributed by atoms with Crippen LogP contribution in [0.4, 0.5) is 0 Å². The Morgan fingerprint density at radius 3 is 2.43 bits per heavy atom. The van der Waals surface area contributed by atoms with Crippen molar-refractivity contribution in [2.24, 2.45) is 0 Å². The van der Waals surface area contributed by atoms with Crippen LogP contribution in [-0.4, -0.2) is 82.3 Å². The van der Waals surface area contributed by atoms with Gasteiger partial charge in [-0.05, 0) is 113 Å². The Balaban J connectivity index is 0.000000489. The number of hydrogen-bond donors (Lipinski definition) is 2. The van der Waals surface area contributed by atoms with Crippen molar-refractivity contribution in [1.29, 1.82) is 0 Å². The molecule has 0 radical (unpaired) electrons. The van der Waals surface area contributed by atoms with E-state index >= 15 is 0 Å². The van der Waals surface area contributed by atoms with Gasteiger partial charge in [0.25, 0.3) is 11.5 Å². The summed E-state index contributed by atoms with van der Waals surface area (Å²) >= 11 is 6.44. The molecular weight excluding hydrogens is 756 g/mol. The molecule has 4 amide bonds. The molecule has 3 fully saturated rings. The van der Waals surface area contributed by atoms with Gasteiger partial charge in [-0.3, -0.25) is 33.9 Å². The van der Waals surface area contributed by atoms with Gasteiger partial charge in [0, 0.05) is 61.0 Å². The summed E-state index contributed by atoms with van der Waals surface area (Å²) in [5.41, 5.74) is 6.65. The van der Waals surface area contributed by atoms with Crippen molar-refractivity contribution in [3.63, 3.8) is 0 Å². The minimum Gasteiger partial charge on any atom is -0.492 e. The van der Waals surface area contributed by atoms with E-state index in [-0.39, 0.29) is 34.6 Å². The van der Waals surface area contributed by atoms with Crippen LogP contribution in [0, 0.1) is 0 Å². The van der Waals surface area contributed by atoms with Crippen molar-refractivity contribution in [2.45, 2.75) is 94.9 Å².